The lowest BCUT2D eigenvalue weighted by Gasteiger charge is -2.09. The van der Waals surface area contributed by atoms with E-state index in [0.29, 0.717) is 21.6 Å². The van der Waals surface area contributed by atoms with Crippen LogP contribution in [0.15, 0.2) is 52.7 Å². The molecule has 3 rings (SSSR count). The van der Waals surface area contributed by atoms with Gasteiger partial charge in [-0.1, -0.05) is 53.2 Å². The number of carbonyl (C=O) groups excluding carboxylic acids is 2. The van der Waals surface area contributed by atoms with E-state index >= 15 is 0 Å². The van der Waals surface area contributed by atoms with Crippen molar-refractivity contribution in [3.8, 4) is 5.75 Å². The average Bonchev–Trinajstić information content (AvgIpc) is 3.05. The van der Waals surface area contributed by atoms with Crippen LogP contribution in [0.3, 0.4) is 0 Å². The molecular formula is C19H16Cl2N4O3S. The summed E-state index contributed by atoms with van der Waals surface area (Å²) in [5.41, 5.74) is 1.14. The normalized spacial score (nSPS) is 17.6. The van der Waals surface area contributed by atoms with E-state index in [1.807, 2.05) is 18.2 Å². The van der Waals surface area contributed by atoms with E-state index in [1.54, 1.807) is 31.4 Å². The third kappa shape index (κ3) is 5.50. The topological polar surface area (TPSA) is 92.2 Å². The van der Waals surface area contributed by atoms with Gasteiger partial charge in [0.25, 0.3) is 0 Å². The molecule has 0 bridgehead atoms. The Morgan fingerprint density at radius 3 is 2.86 bits per heavy atom. The smallest absolute Gasteiger partial charge is 0.240 e. The molecule has 2 amide bonds. The zero-order chi connectivity index (χ0) is 20.8. The molecule has 0 unspecified atom stereocenters. The molecule has 150 valence electrons. The van der Waals surface area contributed by atoms with Gasteiger partial charge < -0.3 is 15.4 Å². The Labute approximate surface area is 181 Å². The van der Waals surface area contributed by atoms with Crippen molar-refractivity contribution >= 4 is 63.8 Å². The first-order valence-corrected chi connectivity index (χ1v) is 10.1. The number of halogens is 2. The van der Waals surface area contributed by atoms with Crippen LogP contribution in [-0.2, 0) is 9.59 Å². The molecule has 1 saturated heterocycles. The lowest BCUT2D eigenvalue weighted by atomic mass is 10.2. The summed E-state index contributed by atoms with van der Waals surface area (Å²) in [6.07, 6.45) is 1.48. The molecule has 0 aromatic heterocycles. The van der Waals surface area contributed by atoms with Gasteiger partial charge in [0.15, 0.2) is 5.17 Å². The van der Waals surface area contributed by atoms with Gasteiger partial charge in [-0.15, -0.1) is 5.10 Å². The second-order valence-electron chi connectivity index (χ2n) is 5.84. The van der Waals surface area contributed by atoms with Crippen LogP contribution in [0.1, 0.15) is 12.0 Å². The van der Waals surface area contributed by atoms with E-state index in [0.717, 1.165) is 17.3 Å². The molecule has 0 saturated carbocycles. The number of amidine groups is 1. The molecule has 0 aliphatic carbocycles. The summed E-state index contributed by atoms with van der Waals surface area (Å²) < 4.78 is 5.23. The van der Waals surface area contributed by atoms with E-state index in [1.165, 1.54) is 6.21 Å². The van der Waals surface area contributed by atoms with Crippen molar-refractivity contribution in [2.24, 2.45) is 10.2 Å². The molecular weight excluding hydrogens is 435 g/mol. The number of thioether (sulfide) groups is 1. The molecule has 0 spiro atoms. The fourth-order valence-corrected chi connectivity index (χ4v) is 3.74. The second kappa shape index (κ2) is 9.78. The standard InChI is InChI=1S/C19H16Cl2N4O3S/c1-28-14-8-3-2-5-11(14)10-22-25-19-24-18(27)15(29-19)9-16(26)23-13-7-4-6-12(20)17(13)21/h2-8,10,15H,9H2,1H3,(H,23,26)(H,24,25,27)/b22-10-/t15-/m1/s1. The van der Waals surface area contributed by atoms with Crippen molar-refractivity contribution in [1.82, 2.24) is 5.32 Å². The van der Waals surface area contributed by atoms with Crippen LogP contribution in [-0.4, -0.2) is 35.6 Å². The van der Waals surface area contributed by atoms with Gasteiger partial charge >= 0.3 is 0 Å². The van der Waals surface area contributed by atoms with Gasteiger partial charge in [0.2, 0.25) is 11.8 Å². The molecule has 2 N–H and O–H groups in total. The first kappa shape index (κ1) is 21.2. The third-order valence-electron chi connectivity index (χ3n) is 3.86. The van der Waals surface area contributed by atoms with Crippen LogP contribution in [0.2, 0.25) is 10.0 Å². The van der Waals surface area contributed by atoms with E-state index in [4.69, 9.17) is 27.9 Å². The van der Waals surface area contributed by atoms with Gasteiger partial charge in [-0.25, -0.2) is 0 Å². The second-order valence-corrected chi connectivity index (χ2v) is 7.82. The van der Waals surface area contributed by atoms with Crippen molar-refractivity contribution in [3.63, 3.8) is 0 Å². The fraction of sp³-hybridized carbons (Fsp3) is 0.158. The number of carbonyl (C=O) groups is 2. The maximum absolute atomic E-state index is 12.3. The number of methoxy groups -OCH3 is 1. The molecule has 10 heteroatoms. The molecule has 29 heavy (non-hydrogen) atoms. The molecule has 0 radical (unpaired) electrons. The number of hydrogen-bond donors (Lipinski definition) is 2. The van der Waals surface area contributed by atoms with Crippen molar-refractivity contribution in [3.05, 3.63) is 58.1 Å². The molecule has 7 nitrogen and oxygen atoms in total. The van der Waals surface area contributed by atoms with Crippen LogP contribution >= 0.6 is 35.0 Å². The minimum absolute atomic E-state index is 0.0470. The number of para-hydroxylation sites is 1. The van der Waals surface area contributed by atoms with Crippen LogP contribution < -0.4 is 15.4 Å². The molecule has 1 aliphatic heterocycles. The van der Waals surface area contributed by atoms with Gasteiger partial charge in [0.05, 0.1) is 29.1 Å². The molecule has 2 aromatic carbocycles. The first-order chi connectivity index (χ1) is 14.0. The van der Waals surface area contributed by atoms with E-state index in [9.17, 15) is 9.59 Å². The van der Waals surface area contributed by atoms with Crippen LogP contribution in [0.4, 0.5) is 5.69 Å². The Morgan fingerprint density at radius 2 is 2.07 bits per heavy atom. The molecule has 1 heterocycles. The zero-order valence-electron chi connectivity index (χ0n) is 15.2. The minimum atomic E-state index is -0.617. The SMILES string of the molecule is COc1ccccc1/C=N\N=C1/NC(=O)[C@@H](CC(=O)Nc2cccc(Cl)c2Cl)S1. The summed E-state index contributed by atoms with van der Waals surface area (Å²) in [5.74, 6) is -0.0112. The number of rotatable bonds is 6. The van der Waals surface area contributed by atoms with Crippen molar-refractivity contribution < 1.29 is 14.3 Å². The summed E-state index contributed by atoms with van der Waals surface area (Å²) in [5, 5.41) is 13.5. The highest BCUT2D eigenvalue weighted by molar-refractivity contribution is 8.15. The highest BCUT2D eigenvalue weighted by atomic mass is 35.5. The van der Waals surface area contributed by atoms with Gasteiger partial charge in [-0.05, 0) is 24.3 Å². The summed E-state index contributed by atoms with van der Waals surface area (Å²) in [6.45, 7) is 0. The Kier molecular flexibility index (Phi) is 7.13. The number of nitrogens with one attached hydrogen (secondary N) is 2. The fourth-order valence-electron chi connectivity index (χ4n) is 2.47. The maximum Gasteiger partial charge on any atom is 0.240 e. The third-order valence-corrected chi connectivity index (χ3v) is 5.75. The zero-order valence-corrected chi connectivity index (χ0v) is 17.5. The molecule has 1 fully saturated rings. The van der Waals surface area contributed by atoms with Gasteiger partial charge in [-0.3, -0.25) is 9.59 Å². The Hall–Kier alpha value is -2.55. The highest BCUT2D eigenvalue weighted by Crippen LogP contribution is 2.30. The van der Waals surface area contributed by atoms with Crippen LogP contribution in [0.25, 0.3) is 0 Å². The predicted octanol–water partition coefficient (Wildman–Crippen LogP) is 3.95. The minimum Gasteiger partial charge on any atom is -0.496 e. The number of nitrogens with zero attached hydrogens (tertiary/aromatic N) is 2. The van der Waals surface area contributed by atoms with E-state index in [-0.39, 0.29) is 23.3 Å². The number of hydrogen-bond acceptors (Lipinski definition) is 6. The average molecular weight is 451 g/mol. The van der Waals surface area contributed by atoms with Crippen molar-refractivity contribution in [1.29, 1.82) is 0 Å². The van der Waals surface area contributed by atoms with Crippen molar-refractivity contribution in [2.75, 3.05) is 12.4 Å². The highest BCUT2D eigenvalue weighted by Gasteiger charge is 2.32. The number of anilines is 1. The summed E-state index contributed by atoms with van der Waals surface area (Å²) >= 11 is 13.1. The lowest BCUT2D eigenvalue weighted by Crippen LogP contribution is -2.28. The molecule has 1 aliphatic rings. The van der Waals surface area contributed by atoms with Crippen LogP contribution in [0, 0.1) is 0 Å². The summed E-state index contributed by atoms with van der Waals surface area (Å²) in [6, 6.07) is 12.3. The molecule has 2 aromatic rings. The van der Waals surface area contributed by atoms with Crippen LogP contribution in [0.5, 0.6) is 5.75 Å². The van der Waals surface area contributed by atoms with Gasteiger partial charge in [0.1, 0.15) is 11.0 Å². The molecule has 1 atom stereocenters. The lowest BCUT2D eigenvalue weighted by molar-refractivity contribution is -0.122. The summed E-state index contributed by atoms with van der Waals surface area (Å²) in [4.78, 5) is 24.4. The Balaban J connectivity index is 1.59. The largest absolute Gasteiger partial charge is 0.496 e. The Bertz CT molecular complexity index is 997. The van der Waals surface area contributed by atoms with E-state index < -0.39 is 5.25 Å². The van der Waals surface area contributed by atoms with Gasteiger partial charge in [-0.2, -0.15) is 5.10 Å². The quantitative estimate of drug-likeness (QED) is 0.514. The monoisotopic (exact) mass is 450 g/mol. The maximum atomic E-state index is 12.3. The first-order valence-electron chi connectivity index (χ1n) is 8.43. The van der Waals surface area contributed by atoms with E-state index in [2.05, 4.69) is 20.8 Å². The predicted molar refractivity (Wildman–Crippen MR) is 117 cm³/mol. The summed E-state index contributed by atoms with van der Waals surface area (Å²) in [7, 11) is 1.57. The number of ether oxygens (including phenoxy) is 1. The Morgan fingerprint density at radius 1 is 1.28 bits per heavy atom. The van der Waals surface area contributed by atoms with Gasteiger partial charge in [0, 0.05) is 12.0 Å². The number of benzene rings is 2. The number of amides is 2. The van der Waals surface area contributed by atoms with Crippen molar-refractivity contribution in [2.45, 2.75) is 11.7 Å².